The van der Waals surface area contributed by atoms with Gasteiger partial charge in [-0.05, 0) is 18.6 Å². The van der Waals surface area contributed by atoms with Crippen molar-refractivity contribution < 1.29 is 9.21 Å². The highest BCUT2D eigenvalue weighted by molar-refractivity contribution is 5.80. The van der Waals surface area contributed by atoms with Crippen LogP contribution in [0.15, 0.2) is 59.8 Å². The molecule has 1 aliphatic carbocycles. The predicted molar refractivity (Wildman–Crippen MR) is 81.3 cm³/mol. The van der Waals surface area contributed by atoms with Gasteiger partial charge in [0.05, 0.1) is 17.8 Å². The molecule has 2 N–H and O–H groups in total. The molecule has 0 radical (unpaired) electrons. The van der Waals surface area contributed by atoms with Gasteiger partial charge in [0.15, 0.2) is 0 Å². The van der Waals surface area contributed by atoms with Crippen LogP contribution in [-0.4, -0.2) is 22.9 Å². The van der Waals surface area contributed by atoms with Crippen LogP contribution in [0.4, 0.5) is 0 Å². The van der Waals surface area contributed by atoms with E-state index in [0.717, 1.165) is 12.2 Å². The van der Waals surface area contributed by atoms with Crippen LogP contribution in [0.1, 0.15) is 24.6 Å². The second-order valence-corrected chi connectivity index (χ2v) is 5.70. The van der Waals surface area contributed by atoms with Crippen molar-refractivity contribution >= 4 is 5.91 Å². The SMILES string of the molecule is C=C[C@@]1(N2C[C@H](C(N)c3ccco3)CC2=O)C=CC=CC1. The molecule has 2 aliphatic rings. The van der Waals surface area contributed by atoms with E-state index in [-0.39, 0.29) is 17.9 Å². The predicted octanol–water partition coefficient (Wildman–Crippen LogP) is 2.57. The zero-order valence-electron chi connectivity index (χ0n) is 11.9. The molecule has 2 heterocycles. The Hall–Kier alpha value is -2.07. The fourth-order valence-corrected chi connectivity index (χ4v) is 3.18. The molecule has 1 fully saturated rings. The number of furan rings is 1. The molecule has 0 bridgehead atoms. The first-order valence-corrected chi connectivity index (χ1v) is 7.24. The zero-order chi connectivity index (χ0) is 14.9. The van der Waals surface area contributed by atoms with Gasteiger partial charge < -0.3 is 15.1 Å². The second-order valence-electron chi connectivity index (χ2n) is 5.70. The molecule has 1 aromatic heterocycles. The van der Waals surface area contributed by atoms with Crippen molar-refractivity contribution in [2.45, 2.75) is 24.4 Å². The number of amides is 1. The highest BCUT2D eigenvalue weighted by Gasteiger charge is 2.43. The minimum absolute atomic E-state index is 0.0692. The third-order valence-corrected chi connectivity index (χ3v) is 4.47. The Kier molecular flexibility index (Phi) is 3.55. The van der Waals surface area contributed by atoms with Crippen molar-refractivity contribution in [3.8, 4) is 0 Å². The van der Waals surface area contributed by atoms with Crippen molar-refractivity contribution in [2.75, 3.05) is 6.54 Å². The molecule has 0 spiro atoms. The van der Waals surface area contributed by atoms with E-state index < -0.39 is 5.54 Å². The third-order valence-electron chi connectivity index (χ3n) is 4.47. The standard InChI is InChI=1S/C17H20N2O2/c1-2-17(8-4-3-5-9-17)19-12-13(11-15(19)20)16(18)14-7-6-10-21-14/h2-8,10,13,16H,1,9,11-12,18H2/t13-,16?,17-/m1/s1. The Balaban J connectivity index is 1.80. The highest BCUT2D eigenvalue weighted by atomic mass is 16.3. The van der Waals surface area contributed by atoms with E-state index in [1.807, 2.05) is 41.3 Å². The zero-order valence-corrected chi connectivity index (χ0v) is 11.9. The summed E-state index contributed by atoms with van der Waals surface area (Å²) in [5, 5.41) is 0. The van der Waals surface area contributed by atoms with Gasteiger partial charge in [-0.3, -0.25) is 4.79 Å². The summed E-state index contributed by atoms with van der Waals surface area (Å²) in [6.07, 6.45) is 12.8. The summed E-state index contributed by atoms with van der Waals surface area (Å²) in [4.78, 5) is 14.4. The number of nitrogens with zero attached hydrogens (tertiary/aromatic N) is 1. The van der Waals surface area contributed by atoms with Gasteiger partial charge in [0.2, 0.25) is 5.91 Å². The number of carbonyl (C=O) groups is 1. The van der Waals surface area contributed by atoms with Crippen LogP contribution in [-0.2, 0) is 4.79 Å². The van der Waals surface area contributed by atoms with Gasteiger partial charge in [-0.1, -0.05) is 30.4 Å². The van der Waals surface area contributed by atoms with Gasteiger partial charge in [-0.25, -0.2) is 0 Å². The van der Waals surface area contributed by atoms with Gasteiger partial charge in [-0.15, -0.1) is 6.58 Å². The van der Waals surface area contributed by atoms with Crippen molar-refractivity contribution in [1.29, 1.82) is 0 Å². The Bertz CT molecular complexity index is 588. The van der Waals surface area contributed by atoms with Crippen molar-refractivity contribution in [3.05, 3.63) is 61.1 Å². The maximum atomic E-state index is 12.5. The Morgan fingerprint density at radius 2 is 2.38 bits per heavy atom. The van der Waals surface area contributed by atoms with Crippen molar-refractivity contribution in [2.24, 2.45) is 11.7 Å². The monoisotopic (exact) mass is 284 g/mol. The Morgan fingerprint density at radius 1 is 1.52 bits per heavy atom. The smallest absolute Gasteiger partial charge is 0.223 e. The maximum absolute atomic E-state index is 12.5. The lowest BCUT2D eigenvalue weighted by Gasteiger charge is -2.38. The summed E-state index contributed by atoms with van der Waals surface area (Å²) < 4.78 is 5.37. The van der Waals surface area contributed by atoms with Crippen LogP contribution in [0.5, 0.6) is 0 Å². The van der Waals surface area contributed by atoms with Gasteiger partial charge in [0.25, 0.3) is 0 Å². The minimum Gasteiger partial charge on any atom is -0.468 e. The molecule has 21 heavy (non-hydrogen) atoms. The van der Waals surface area contributed by atoms with Gasteiger partial charge in [0.1, 0.15) is 5.76 Å². The molecule has 1 saturated heterocycles. The van der Waals surface area contributed by atoms with E-state index in [2.05, 4.69) is 12.7 Å². The molecule has 1 amide bonds. The molecule has 3 rings (SSSR count). The van der Waals surface area contributed by atoms with Crippen LogP contribution in [0, 0.1) is 5.92 Å². The van der Waals surface area contributed by atoms with Gasteiger partial charge in [-0.2, -0.15) is 0 Å². The average molecular weight is 284 g/mol. The van der Waals surface area contributed by atoms with Crippen LogP contribution in [0.3, 0.4) is 0 Å². The number of nitrogens with two attached hydrogens (primary N) is 1. The molecule has 0 saturated carbocycles. The summed E-state index contributed by atoms with van der Waals surface area (Å²) in [6.45, 7) is 4.56. The largest absolute Gasteiger partial charge is 0.468 e. The Morgan fingerprint density at radius 3 is 3.00 bits per heavy atom. The van der Waals surface area contributed by atoms with Gasteiger partial charge in [0, 0.05) is 18.9 Å². The van der Waals surface area contributed by atoms with E-state index in [0.29, 0.717) is 13.0 Å². The molecular formula is C17H20N2O2. The summed E-state index contributed by atoms with van der Waals surface area (Å²) in [5.74, 6) is 0.933. The summed E-state index contributed by atoms with van der Waals surface area (Å²) >= 11 is 0. The lowest BCUT2D eigenvalue weighted by molar-refractivity contribution is -0.130. The second kappa shape index (κ2) is 5.37. The molecule has 1 unspecified atom stereocenters. The number of rotatable bonds is 4. The maximum Gasteiger partial charge on any atom is 0.223 e. The fourth-order valence-electron chi connectivity index (χ4n) is 3.18. The topological polar surface area (TPSA) is 59.5 Å². The molecule has 4 heteroatoms. The summed E-state index contributed by atoms with van der Waals surface area (Å²) in [5.41, 5.74) is 5.84. The van der Waals surface area contributed by atoms with E-state index in [1.54, 1.807) is 6.26 Å². The summed E-state index contributed by atoms with van der Waals surface area (Å²) in [7, 11) is 0. The number of hydrogen-bond donors (Lipinski definition) is 1. The summed E-state index contributed by atoms with van der Waals surface area (Å²) in [6, 6.07) is 3.44. The quantitative estimate of drug-likeness (QED) is 0.864. The third kappa shape index (κ3) is 2.36. The first-order valence-electron chi connectivity index (χ1n) is 7.24. The molecule has 1 aromatic rings. The van der Waals surface area contributed by atoms with Crippen LogP contribution in [0.2, 0.25) is 0 Å². The first-order chi connectivity index (χ1) is 10.2. The number of carbonyl (C=O) groups excluding carboxylic acids is 1. The molecule has 1 aliphatic heterocycles. The lowest BCUT2D eigenvalue weighted by Crippen LogP contribution is -2.47. The van der Waals surface area contributed by atoms with Crippen LogP contribution >= 0.6 is 0 Å². The van der Waals surface area contributed by atoms with Crippen LogP contribution in [0.25, 0.3) is 0 Å². The average Bonchev–Trinajstić information content (AvgIpc) is 3.17. The fraction of sp³-hybridized carbons (Fsp3) is 0.353. The van der Waals surface area contributed by atoms with Gasteiger partial charge >= 0.3 is 0 Å². The first kappa shape index (κ1) is 13.9. The number of allylic oxidation sites excluding steroid dienone is 2. The van der Waals surface area contributed by atoms with Crippen LogP contribution < -0.4 is 5.73 Å². The molecule has 110 valence electrons. The Labute approximate surface area is 124 Å². The molecule has 4 nitrogen and oxygen atoms in total. The minimum atomic E-state index is -0.413. The lowest BCUT2D eigenvalue weighted by atomic mass is 9.89. The highest BCUT2D eigenvalue weighted by Crippen LogP contribution is 2.36. The molecule has 0 aromatic carbocycles. The molecular weight excluding hydrogens is 264 g/mol. The van der Waals surface area contributed by atoms with Crippen molar-refractivity contribution in [1.82, 2.24) is 4.90 Å². The van der Waals surface area contributed by atoms with E-state index in [9.17, 15) is 4.79 Å². The van der Waals surface area contributed by atoms with E-state index >= 15 is 0 Å². The number of likely N-dealkylation sites (tertiary alicyclic amines) is 1. The molecule has 3 atom stereocenters. The van der Waals surface area contributed by atoms with E-state index in [1.165, 1.54) is 0 Å². The normalized spacial score (nSPS) is 29.9. The van der Waals surface area contributed by atoms with E-state index in [4.69, 9.17) is 10.2 Å². The van der Waals surface area contributed by atoms with Crippen molar-refractivity contribution in [3.63, 3.8) is 0 Å². The number of hydrogen-bond acceptors (Lipinski definition) is 3.